The maximum Gasteiger partial charge on any atom is 0.107 e. The van der Waals surface area contributed by atoms with Crippen molar-refractivity contribution in [1.29, 1.82) is 0 Å². The molecule has 1 unspecified atom stereocenters. The lowest BCUT2D eigenvalue weighted by atomic mass is 9.95. The lowest BCUT2D eigenvalue weighted by Gasteiger charge is -2.31. The molecule has 20 heavy (non-hydrogen) atoms. The molecule has 1 aliphatic rings. The molecule has 116 valence electrons. The quantitative estimate of drug-likeness (QED) is 0.925. The molecule has 1 aliphatic heterocycles. The number of aromatic nitrogens is 1. The van der Waals surface area contributed by atoms with Crippen LogP contribution in [0.3, 0.4) is 0 Å². The molecule has 0 aromatic carbocycles. The minimum Gasteiger partial charge on any atom is -0.330 e. The Kier molecular flexibility index (Phi) is 6.92. The Bertz CT molecular complexity index is 398. The third-order valence-electron chi connectivity index (χ3n) is 3.83. The Balaban J connectivity index is 0.00000200. The van der Waals surface area contributed by atoms with Crippen LogP contribution >= 0.6 is 23.7 Å². The number of nitrogens with two attached hydrogens (primary N) is 1. The van der Waals surface area contributed by atoms with E-state index in [-0.39, 0.29) is 17.8 Å². The van der Waals surface area contributed by atoms with Crippen molar-refractivity contribution in [1.82, 2.24) is 9.88 Å². The van der Waals surface area contributed by atoms with E-state index in [4.69, 9.17) is 5.73 Å². The number of likely N-dealkylation sites (tertiary alicyclic amines) is 1. The first-order chi connectivity index (χ1) is 8.99. The van der Waals surface area contributed by atoms with E-state index in [0.29, 0.717) is 0 Å². The Hall–Kier alpha value is -0.160. The van der Waals surface area contributed by atoms with Crippen LogP contribution in [0.25, 0.3) is 0 Å². The van der Waals surface area contributed by atoms with Crippen LogP contribution in [0.15, 0.2) is 6.20 Å². The van der Waals surface area contributed by atoms with E-state index >= 15 is 0 Å². The van der Waals surface area contributed by atoms with E-state index < -0.39 is 0 Å². The van der Waals surface area contributed by atoms with E-state index in [1.54, 1.807) is 0 Å². The average Bonchev–Trinajstić information content (AvgIpc) is 2.78. The SMILES string of the molecule is CC(C)(C)c1cnc(CN2CCCC(CCN)C2)s1.Cl. The molecule has 0 spiro atoms. The number of nitrogens with zero attached hydrogens (tertiary/aromatic N) is 2. The van der Waals surface area contributed by atoms with Crippen LogP contribution in [0.4, 0.5) is 0 Å². The Morgan fingerprint density at radius 1 is 1.45 bits per heavy atom. The Morgan fingerprint density at radius 2 is 2.20 bits per heavy atom. The summed E-state index contributed by atoms with van der Waals surface area (Å²) in [6.45, 7) is 11.0. The molecular weight excluding hydrogens is 290 g/mol. The third-order valence-corrected chi connectivity index (χ3v) is 5.24. The van der Waals surface area contributed by atoms with Crippen molar-refractivity contribution in [3.8, 4) is 0 Å². The molecule has 2 N–H and O–H groups in total. The molecule has 1 fully saturated rings. The average molecular weight is 318 g/mol. The van der Waals surface area contributed by atoms with Crippen LogP contribution in [0.2, 0.25) is 0 Å². The van der Waals surface area contributed by atoms with Gasteiger partial charge in [-0.3, -0.25) is 4.90 Å². The molecule has 2 heterocycles. The van der Waals surface area contributed by atoms with Crippen molar-refractivity contribution in [2.45, 2.75) is 52.0 Å². The van der Waals surface area contributed by atoms with Crippen LogP contribution in [0.1, 0.15) is 49.9 Å². The van der Waals surface area contributed by atoms with Crippen LogP contribution in [-0.4, -0.2) is 29.5 Å². The summed E-state index contributed by atoms with van der Waals surface area (Å²) in [5, 5.41) is 1.26. The van der Waals surface area contributed by atoms with Crippen LogP contribution in [0, 0.1) is 5.92 Å². The van der Waals surface area contributed by atoms with E-state index in [0.717, 1.165) is 19.0 Å². The summed E-state index contributed by atoms with van der Waals surface area (Å²) in [6.07, 6.45) is 5.88. The Morgan fingerprint density at radius 3 is 2.80 bits per heavy atom. The summed E-state index contributed by atoms with van der Waals surface area (Å²) in [7, 11) is 0. The molecule has 1 aromatic rings. The highest BCUT2D eigenvalue weighted by molar-refractivity contribution is 7.11. The van der Waals surface area contributed by atoms with Gasteiger partial charge in [-0.25, -0.2) is 4.98 Å². The molecule has 0 bridgehead atoms. The van der Waals surface area contributed by atoms with Gasteiger partial charge in [0.1, 0.15) is 5.01 Å². The van der Waals surface area contributed by atoms with Gasteiger partial charge in [0.2, 0.25) is 0 Å². The highest BCUT2D eigenvalue weighted by Crippen LogP contribution is 2.29. The minimum atomic E-state index is 0. The van der Waals surface area contributed by atoms with E-state index in [2.05, 4.69) is 36.9 Å². The zero-order chi connectivity index (χ0) is 13.9. The molecule has 1 atom stereocenters. The molecule has 3 nitrogen and oxygen atoms in total. The van der Waals surface area contributed by atoms with Crippen molar-refractivity contribution in [2.24, 2.45) is 11.7 Å². The largest absolute Gasteiger partial charge is 0.330 e. The summed E-state index contributed by atoms with van der Waals surface area (Å²) in [6, 6.07) is 0. The standard InChI is InChI=1S/C15H27N3S.ClH/c1-15(2,3)13-9-17-14(19-13)11-18-8-4-5-12(10-18)6-7-16;/h9,12H,4-8,10-11,16H2,1-3H3;1H. The topological polar surface area (TPSA) is 42.2 Å². The van der Waals surface area contributed by atoms with Gasteiger partial charge in [0, 0.05) is 17.6 Å². The molecule has 5 heteroatoms. The second kappa shape index (κ2) is 7.74. The van der Waals surface area contributed by atoms with Gasteiger partial charge in [0.15, 0.2) is 0 Å². The van der Waals surface area contributed by atoms with Crippen LogP contribution < -0.4 is 5.73 Å². The first-order valence-corrected chi connectivity index (χ1v) is 8.18. The lowest BCUT2D eigenvalue weighted by Crippen LogP contribution is -2.35. The lowest BCUT2D eigenvalue weighted by molar-refractivity contribution is 0.163. The number of piperidine rings is 1. The summed E-state index contributed by atoms with van der Waals surface area (Å²) in [5.41, 5.74) is 5.90. The second-order valence-electron chi connectivity index (χ2n) is 6.69. The first kappa shape index (κ1) is 17.9. The van der Waals surface area contributed by atoms with Gasteiger partial charge in [-0.15, -0.1) is 23.7 Å². The van der Waals surface area contributed by atoms with Gasteiger partial charge >= 0.3 is 0 Å². The van der Waals surface area contributed by atoms with Crippen LogP contribution in [-0.2, 0) is 12.0 Å². The summed E-state index contributed by atoms with van der Waals surface area (Å²) < 4.78 is 0. The second-order valence-corrected chi connectivity index (χ2v) is 7.80. The molecule has 0 aliphatic carbocycles. The number of halogens is 1. The zero-order valence-corrected chi connectivity index (χ0v) is 14.5. The monoisotopic (exact) mass is 317 g/mol. The van der Waals surface area contributed by atoms with E-state index in [1.165, 1.54) is 42.2 Å². The number of rotatable bonds is 4. The molecular formula is C15H28ClN3S. The predicted octanol–water partition coefficient (Wildman–Crippen LogP) is 3.42. The highest BCUT2D eigenvalue weighted by atomic mass is 35.5. The van der Waals surface area contributed by atoms with Gasteiger partial charge in [0.05, 0.1) is 6.54 Å². The normalized spacial score (nSPS) is 20.7. The minimum absolute atomic E-state index is 0. The predicted molar refractivity (Wildman–Crippen MR) is 89.7 cm³/mol. The van der Waals surface area contributed by atoms with Gasteiger partial charge in [-0.2, -0.15) is 0 Å². The molecule has 0 saturated carbocycles. The van der Waals surface area contributed by atoms with Gasteiger partial charge in [0.25, 0.3) is 0 Å². The van der Waals surface area contributed by atoms with Gasteiger partial charge in [-0.05, 0) is 43.7 Å². The van der Waals surface area contributed by atoms with Crippen molar-refractivity contribution in [3.05, 3.63) is 16.1 Å². The fourth-order valence-electron chi connectivity index (χ4n) is 2.69. The van der Waals surface area contributed by atoms with Gasteiger partial charge in [-0.1, -0.05) is 20.8 Å². The summed E-state index contributed by atoms with van der Waals surface area (Å²) in [4.78, 5) is 8.54. The van der Waals surface area contributed by atoms with Gasteiger partial charge < -0.3 is 5.73 Å². The summed E-state index contributed by atoms with van der Waals surface area (Å²) >= 11 is 1.87. The fraction of sp³-hybridized carbons (Fsp3) is 0.800. The molecule has 0 amide bonds. The zero-order valence-electron chi connectivity index (χ0n) is 12.9. The van der Waals surface area contributed by atoms with Crippen LogP contribution in [0.5, 0.6) is 0 Å². The van der Waals surface area contributed by atoms with Crippen molar-refractivity contribution >= 4 is 23.7 Å². The van der Waals surface area contributed by atoms with Crippen molar-refractivity contribution < 1.29 is 0 Å². The molecule has 0 radical (unpaired) electrons. The van der Waals surface area contributed by atoms with E-state index in [9.17, 15) is 0 Å². The van der Waals surface area contributed by atoms with E-state index in [1.807, 2.05) is 11.3 Å². The maximum atomic E-state index is 5.68. The molecule has 2 rings (SSSR count). The van der Waals surface area contributed by atoms with Crippen molar-refractivity contribution in [2.75, 3.05) is 19.6 Å². The first-order valence-electron chi connectivity index (χ1n) is 7.36. The van der Waals surface area contributed by atoms with Crippen molar-refractivity contribution in [3.63, 3.8) is 0 Å². The molecule has 1 aromatic heterocycles. The number of thiazole rings is 1. The number of hydrogen-bond donors (Lipinski definition) is 1. The highest BCUT2D eigenvalue weighted by Gasteiger charge is 2.22. The Labute approximate surface area is 133 Å². The molecule has 1 saturated heterocycles. The number of hydrogen-bond acceptors (Lipinski definition) is 4. The smallest absolute Gasteiger partial charge is 0.107 e. The third kappa shape index (κ3) is 4.99. The summed E-state index contributed by atoms with van der Waals surface area (Å²) in [5.74, 6) is 0.792. The fourth-order valence-corrected chi connectivity index (χ4v) is 3.71. The maximum absolute atomic E-state index is 5.68.